The molecule has 2 heterocycles. The van der Waals surface area contributed by atoms with Gasteiger partial charge >= 0.3 is 0 Å². The zero-order valence-corrected chi connectivity index (χ0v) is 12.2. The fourth-order valence-corrected chi connectivity index (χ4v) is 2.51. The Morgan fingerprint density at radius 3 is 2.81 bits per heavy atom. The Morgan fingerprint density at radius 2 is 2.24 bits per heavy atom. The minimum Gasteiger partial charge on any atom is -0.394 e. The lowest BCUT2D eigenvalue weighted by atomic mass is 9.99. The Hall–Kier alpha value is -1.65. The van der Waals surface area contributed by atoms with Crippen LogP contribution in [0.1, 0.15) is 29.8 Å². The number of aromatic amines is 1. The quantitative estimate of drug-likeness (QED) is 0.675. The van der Waals surface area contributed by atoms with E-state index in [-0.39, 0.29) is 12.2 Å². The van der Waals surface area contributed by atoms with E-state index in [1.807, 2.05) is 0 Å². The summed E-state index contributed by atoms with van der Waals surface area (Å²) in [5.41, 5.74) is 1.38. The molecule has 2 rings (SSSR count). The van der Waals surface area contributed by atoms with Gasteiger partial charge in [-0.1, -0.05) is 5.92 Å². The monoisotopic (exact) mass is 293 g/mol. The van der Waals surface area contributed by atoms with Crippen LogP contribution in [-0.4, -0.2) is 47.2 Å². The molecule has 6 nitrogen and oxygen atoms in total. The van der Waals surface area contributed by atoms with Gasteiger partial charge in [-0.2, -0.15) is 0 Å². The van der Waals surface area contributed by atoms with Crippen LogP contribution in [0.25, 0.3) is 0 Å². The highest BCUT2D eigenvalue weighted by Gasteiger charge is 2.45. The van der Waals surface area contributed by atoms with E-state index < -0.39 is 24.4 Å². The molecule has 0 aliphatic carbocycles. The van der Waals surface area contributed by atoms with Crippen LogP contribution < -0.4 is 5.56 Å². The Kier molecular flexibility index (Phi) is 4.80. The zero-order chi connectivity index (χ0) is 15.6. The number of pyridine rings is 1. The van der Waals surface area contributed by atoms with Crippen LogP contribution in [0.2, 0.25) is 0 Å². The van der Waals surface area contributed by atoms with Crippen molar-refractivity contribution < 1.29 is 19.7 Å². The number of aryl methyl sites for hydroxylation is 1. The smallest absolute Gasteiger partial charge is 0.251 e. The molecule has 1 aliphatic rings. The van der Waals surface area contributed by atoms with Gasteiger partial charge < -0.3 is 24.7 Å². The van der Waals surface area contributed by atoms with Crippen molar-refractivity contribution in [1.82, 2.24) is 4.98 Å². The summed E-state index contributed by atoms with van der Waals surface area (Å²) in [6.07, 6.45) is -2.91. The first-order valence-corrected chi connectivity index (χ1v) is 6.67. The SMILES string of the molecule is CC#Cc1[nH]c(=O)c(C)cc1[C@@H]1O[C@H](CO)C(O)C1OC. The van der Waals surface area contributed by atoms with Crippen LogP contribution in [0, 0.1) is 18.8 Å². The van der Waals surface area contributed by atoms with Crippen LogP contribution in [0.15, 0.2) is 10.9 Å². The van der Waals surface area contributed by atoms with Gasteiger partial charge in [0.2, 0.25) is 0 Å². The molecule has 114 valence electrons. The molecular formula is C15H19NO5. The minimum absolute atomic E-state index is 0.220. The molecule has 21 heavy (non-hydrogen) atoms. The minimum atomic E-state index is -0.945. The molecule has 0 spiro atoms. The van der Waals surface area contributed by atoms with Gasteiger partial charge in [0.15, 0.2) is 0 Å². The summed E-state index contributed by atoms with van der Waals surface area (Å²) in [5, 5.41) is 19.4. The van der Waals surface area contributed by atoms with E-state index in [9.17, 15) is 15.0 Å². The average Bonchev–Trinajstić information content (AvgIpc) is 2.78. The third-order valence-electron chi connectivity index (χ3n) is 3.60. The molecule has 6 heteroatoms. The number of nitrogens with one attached hydrogen (secondary N) is 1. The summed E-state index contributed by atoms with van der Waals surface area (Å²) >= 11 is 0. The van der Waals surface area contributed by atoms with Crippen molar-refractivity contribution in [2.75, 3.05) is 13.7 Å². The maximum atomic E-state index is 11.7. The van der Waals surface area contributed by atoms with Crippen molar-refractivity contribution in [1.29, 1.82) is 0 Å². The lowest BCUT2D eigenvalue weighted by Gasteiger charge is -2.20. The second-order valence-electron chi connectivity index (χ2n) is 4.96. The van der Waals surface area contributed by atoms with E-state index in [0.717, 1.165) is 0 Å². The Balaban J connectivity index is 2.51. The topological polar surface area (TPSA) is 91.8 Å². The van der Waals surface area contributed by atoms with E-state index in [1.165, 1.54) is 7.11 Å². The van der Waals surface area contributed by atoms with Crippen LogP contribution in [0.4, 0.5) is 0 Å². The molecule has 0 aromatic carbocycles. The summed E-state index contributed by atoms with van der Waals surface area (Å²) in [6.45, 7) is 3.04. The Bertz CT molecular complexity index is 627. The standard InChI is InChI=1S/C15H19NO5/c1-4-5-10-9(6-8(2)15(19)16-10)13-14(20-3)12(18)11(7-17)21-13/h6,11-14,17-18H,7H2,1-3H3,(H,16,19)/t11-,12?,13+,14?/m1/s1. The number of hydrogen-bond donors (Lipinski definition) is 3. The van der Waals surface area contributed by atoms with Crippen LogP contribution >= 0.6 is 0 Å². The second-order valence-corrected chi connectivity index (χ2v) is 4.96. The summed E-state index contributed by atoms with van der Waals surface area (Å²) in [7, 11) is 1.47. The van der Waals surface area contributed by atoms with Crippen molar-refractivity contribution >= 4 is 0 Å². The van der Waals surface area contributed by atoms with Gasteiger partial charge in [-0.15, -0.1) is 0 Å². The molecule has 0 bridgehead atoms. The average molecular weight is 293 g/mol. The molecule has 4 atom stereocenters. The first-order chi connectivity index (χ1) is 10.0. The summed E-state index contributed by atoms with van der Waals surface area (Å²) in [4.78, 5) is 14.4. The van der Waals surface area contributed by atoms with Crippen LogP contribution in [0.3, 0.4) is 0 Å². The van der Waals surface area contributed by atoms with E-state index in [0.29, 0.717) is 16.8 Å². The second kappa shape index (κ2) is 6.41. The lowest BCUT2D eigenvalue weighted by molar-refractivity contribution is -0.0236. The highest BCUT2D eigenvalue weighted by molar-refractivity contribution is 5.39. The fraction of sp³-hybridized carbons (Fsp3) is 0.533. The molecular weight excluding hydrogens is 274 g/mol. The molecule has 1 aliphatic heterocycles. The van der Waals surface area contributed by atoms with Crippen molar-refractivity contribution in [3.63, 3.8) is 0 Å². The predicted molar refractivity (Wildman–Crippen MR) is 75.9 cm³/mol. The van der Waals surface area contributed by atoms with Crippen LogP contribution in [-0.2, 0) is 9.47 Å². The Labute approximate surface area is 122 Å². The van der Waals surface area contributed by atoms with Gasteiger partial charge in [-0.25, -0.2) is 0 Å². The molecule has 2 unspecified atom stereocenters. The van der Waals surface area contributed by atoms with Gasteiger partial charge in [0, 0.05) is 18.2 Å². The molecule has 1 aromatic heterocycles. The number of aliphatic hydroxyl groups excluding tert-OH is 2. The van der Waals surface area contributed by atoms with Gasteiger partial charge in [-0.3, -0.25) is 4.79 Å². The van der Waals surface area contributed by atoms with E-state index >= 15 is 0 Å². The highest BCUT2D eigenvalue weighted by atomic mass is 16.6. The summed E-state index contributed by atoms with van der Waals surface area (Å²) in [5.74, 6) is 5.56. The maximum Gasteiger partial charge on any atom is 0.251 e. The number of rotatable bonds is 3. The third-order valence-corrected chi connectivity index (χ3v) is 3.60. The molecule has 1 fully saturated rings. The molecule has 3 N–H and O–H groups in total. The fourth-order valence-electron chi connectivity index (χ4n) is 2.51. The summed E-state index contributed by atoms with van der Waals surface area (Å²) < 4.78 is 11.0. The van der Waals surface area contributed by atoms with Gasteiger partial charge in [0.25, 0.3) is 5.56 Å². The van der Waals surface area contributed by atoms with E-state index in [2.05, 4.69) is 16.8 Å². The lowest BCUT2D eigenvalue weighted by Crippen LogP contribution is -2.34. The number of ether oxygens (including phenoxy) is 2. The molecule has 0 saturated carbocycles. The van der Waals surface area contributed by atoms with E-state index in [4.69, 9.17) is 9.47 Å². The molecule has 1 aromatic rings. The molecule has 1 saturated heterocycles. The number of aliphatic hydroxyl groups is 2. The van der Waals surface area contributed by atoms with Gasteiger partial charge in [0.1, 0.15) is 24.4 Å². The van der Waals surface area contributed by atoms with E-state index in [1.54, 1.807) is 19.9 Å². The number of methoxy groups -OCH3 is 1. The van der Waals surface area contributed by atoms with Crippen LogP contribution in [0.5, 0.6) is 0 Å². The zero-order valence-electron chi connectivity index (χ0n) is 12.2. The van der Waals surface area contributed by atoms with Gasteiger partial charge in [-0.05, 0) is 25.8 Å². The number of H-pyrrole nitrogens is 1. The normalized spacial score (nSPS) is 28.2. The first kappa shape index (κ1) is 15.7. The van der Waals surface area contributed by atoms with Crippen molar-refractivity contribution in [2.24, 2.45) is 0 Å². The number of aromatic nitrogens is 1. The molecule has 0 amide bonds. The first-order valence-electron chi connectivity index (χ1n) is 6.67. The van der Waals surface area contributed by atoms with Crippen molar-refractivity contribution in [3.8, 4) is 11.8 Å². The number of hydrogen-bond acceptors (Lipinski definition) is 5. The maximum absolute atomic E-state index is 11.7. The third kappa shape index (κ3) is 2.87. The van der Waals surface area contributed by atoms with Gasteiger partial charge in [0.05, 0.1) is 12.3 Å². The predicted octanol–water partition coefficient (Wildman–Crippen LogP) is -0.137. The largest absolute Gasteiger partial charge is 0.394 e. The van der Waals surface area contributed by atoms with Crippen molar-refractivity contribution in [3.05, 3.63) is 33.2 Å². The summed E-state index contributed by atoms with van der Waals surface area (Å²) in [6, 6.07) is 1.68. The van der Waals surface area contributed by atoms with Crippen molar-refractivity contribution in [2.45, 2.75) is 38.3 Å². The highest BCUT2D eigenvalue weighted by Crippen LogP contribution is 2.36. The molecule has 0 radical (unpaired) electrons. The Morgan fingerprint density at radius 1 is 1.52 bits per heavy atom.